The Hall–Kier alpha value is -1.02. The molecule has 0 bridgehead atoms. The van der Waals surface area contributed by atoms with Crippen molar-refractivity contribution in [1.29, 1.82) is 0 Å². The standard InChI is InChI=1S/C13H17ClN2/c1-4-7-16-12-8-9(2)5-6-11(12)15-13(16)10(3)14/h5-6,8,10H,4,7H2,1-3H3. The molecule has 1 atom stereocenters. The van der Waals surface area contributed by atoms with Crippen molar-refractivity contribution < 1.29 is 0 Å². The molecule has 2 aromatic rings. The van der Waals surface area contributed by atoms with Crippen molar-refractivity contribution in [3.63, 3.8) is 0 Å². The average Bonchev–Trinajstić information content (AvgIpc) is 2.58. The van der Waals surface area contributed by atoms with Gasteiger partial charge in [-0.2, -0.15) is 0 Å². The Kier molecular flexibility index (Phi) is 3.20. The minimum absolute atomic E-state index is 0.0424. The van der Waals surface area contributed by atoms with Gasteiger partial charge < -0.3 is 4.57 Å². The summed E-state index contributed by atoms with van der Waals surface area (Å²) in [7, 11) is 0. The average molecular weight is 237 g/mol. The molecule has 0 amide bonds. The molecule has 86 valence electrons. The summed E-state index contributed by atoms with van der Waals surface area (Å²) in [4.78, 5) is 4.60. The van der Waals surface area contributed by atoms with E-state index in [4.69, 9.17) is 11.6 Å². The van der Waals surface area contributed by atoms with Crippen LogP contribution < -0.4 is 0 Å². The van der Waals surface area contributed by atoms with Gasteiger partial charge in [0, 0.05) is 6.54 Å². The first-order chi connectivity index (χ1) is 7.63. The van der Waals surface area contributed by atoms with E-state index >= 15 is 0 Å². The van der Waals surface area contributed by atoms with Crippen LogP contribution in [0.3, 0.4) is 0 Å². The quantitative estimate of drug-likeness (QED) is 0.735. The summed E-state index contributed by atoms with van der Waals surface area (Å²) < 4.78 is 2.24. The molecule has 0 aliphatic carbocycles. The lowest BCUT2D eigenvalue weighted by atomic mass is 10.2. The Labute approximate surface area is 101 Å². The van der Waals surface area contributed by atoms with Gasteiger partial charge in [-0.3, -0.25) is 0 Å². The van der Waals surface area contributed by atoms with Crippen LogP contribution in [0.2, 0.25) is 0 Å². The summed E-state index contributed by atoms with van der Waals surface area (Å²) in [5.41, 5.74) is 3.50. The summed E-state index contributed by atoms with van der Waals surface area (Å²) in [6.45, 7) is 7.23. The van der Waals surface area contributed by atoms with E-state index < -0.39 is 0 Å². The van der Waals surface area contributed by atoms with Gasteiger partial charge in [0.2, 0.25) is 0 Å². The first kappa shape index (κ1) is 11.5. The molecule has 1 aromatic carbocycles. The second kappa shape index (κ2) is 4.46. The number of fused-ring (bicyclic) bond motifs is 1. The van der Waals surface area contributed by atoms with E-state index in [0.717, 1.165) is 24.3 Å². The van der Waals surface area contributed by atoms with E-state index in [9.17, 15) is 0 Å². The third-order valence-electron chi connectivity index (χ3n) is 2.74. The number of hydrogen-bond acceptors (Lipinski definition) is 1. The first-order valence-corrected chi connectivity index (χ1v) is 6.18. The second-order valence-corrected chi connectivity index (χ2v) is 4.88. The van der Waals surface area contributed by atoms with Crippen LogP contribution in [0.4, 0.5) is 0 Å². The predicted molar refractivity (Wildman–Crippen MR) is 69.0 cm³/mol. The third kappa shape index (κ3) is 1.94. The van der Waals surface area contributed by atoms with Crippen LogP contribution in [0.5, 0.6) is 0 Å². The highest BCUT2D eigenvalue weighted by Crippen LogP contribution is 2.25. The molecule has 0 saturated heterocycles. The summed E-state index contributed by atoms with van der Waals surface area (Å²) >= 11 is 6.17. The van der Waals surface area contributed by atoms with Crippen LogP contribution >= 0.6 is 11.6 Å². The van der Waals surface area contributed by atoms with Gasteiger partial charge in [0.25, 0.3) is 0 Å². The molecule has 2 nitrogen and oxygen atoms in total. The van der Waals surface area contributed by atoms with Gasteiger partial charge >= 0.3 is 0 Å². The number of imidazole rings is 1. The number of aryl methyl sites for hydroxylation is 2. The van der Waals surface area contributed by atoms with Gasteiger partial charge in [-0.1, -0.05) is 13.0 Å². The zero-order valence-corrected chi connectivity index (χ0v) is 10.8. The summed E-state index contributed by atoms with van der Waals surface area (Å²) in [6, 6.07) is 6.34. The largest absolute Gasteiger partial charge is 0.327 e. The SMILES string of the molecule is CCCn1c(C(C)Cl)nc2ccc(C)cc21. The maximum atomic E-state index is 6.17. The Balaban J connectivity index is 2.67. The summed E-state index contributed by atoms with van der Waals surface area (Å²) in [6.07, 6.45) is 1.09. The monoisotopic (exact) mass is 236 g/mol. The van der Waals surface area contributed by atoms with Crippen molar-refractivity contribution in [3.05, 3.63) is 29.6 Å². The fourth-order valence-electron chi connectivity index (χ4n) is 2.01. The second-order valence-electron chi connectivity index (χ2n) is 4.23. The minimum Gasteiger partial charge on any atom is -0.327 e. The maximum absolute atomic E-state index is 6.17. The lowest BCUT2D eigenvalue weighted by molar-refractivity contribution is 0.654. The first-order valence-electron chi connectivity index (χ1n) is 5.74. The van der Waals surface area contributed by atoms with E-state index in [1.165, 1.54) is 11.1 Å². The lowest BCUT2D eigenvalue weighted by Gasteiger charge is -2.08. The van der Waals surface area contributed by atoms with Gasteiger partial charge in [-0.25, -0.2) is 4.98 Å². The van der Waals surface area contributed by atoms with Crippen molar-refractivity contribution in [2.45, 2.75) is 39.1 Å². The normalized spacial score (nSPS) is 13.2. The van der Waals surface area contributed by atoms with E-state index in [-0.39, 0.29) is 5.38 Å². The molecular formula is C13H17ClN2. The van der Waals surface area contributed by atoms with Crippen molar-refractivity contribution >= 4 is 22.6 Å². The summed E-state index contributed by atoms with van der Waals surface area (Å²) in [5, 5.41) is -0.0424. The van der Waals surface area contributed by atoms with Crippen LogP contribution in [0.25, 0.3) is 11.0 Å². The van der Waals surface area contributed by atoms with Crippen molar-refractivity contribution in [2.24, 2.45) is 0 Å². The molecule has 0 radical (unpaired) electrons. The van der Waals surface area contributed by atoms with Crippen molar-refractivity contribution in [3.8, 4) is 0 Å². The minimum atomic E-state index is -0.0424. The predicted octanol–water partition coefficient (Wildman–Crippen LogP) is 4.05. The number of nitrogens with zero attached hydrogens (tertiary/aromatic N) is 2. The Morgan fingerprint density at radius 2 is 2.19 bits per heavy atom. The van der Waals surface area contributed by atoms with Gasteiger partial charge in [-0.05, 0) is 38.0 Å². The number of halogens is 1. The molecule has 0 aliphatic rings. The molecule has 1 unspecified atom stereocenters. The number of aromatic nitrogens is 2. The van der Waals surface area contributed by atoms with E-state index in [1.807, 2.05) is 6.92 Å². The van der Waals surface area contributed by atoms with Gasteiger partial charge in [0.1, 0.15) is 5.82 Å². The van der Waals surface area contributed by atoms with Crippen LogP contribution in [0.1, 0.15) is 37.0 Å². The highest BCUT2D eigenvalue weighted by atomic mass is 35.5. The van der Waals surface area contributed by atoms with E-state index in [2.05, 4.69) is 41.6 Å². The fraction of sp³-hybridized carbons (Fsp3) is 0.462. The molecule has 2 rings (SSSR count). The van der Waals surface area contributed by atoms with Gasteiger partial charge in [-0.15, -0.1) is 11.6 Å². The number of benzene rings is 1. The highest BCUT2D eigenvalue weighted by Gasteiger charge is 2.13. The number of hydrogen-bond donors (Lipinski definition) is 0. The molecule has 16 heavy (non-hydrogen) atoms. The molecule has 0 N–H and O–H groups in total. The molecule has 0 fully saturated rings. The maximum Gasteiger partial charge on any atom is 0.127 e. The highest BCUT2D eigenvalue weighted by molar-refractivity contribution is 6.20. The van der Waals surface area contributed by atoms with Gasteiger partial charge in [0.05, 0.1) is 16.4 Å². The van der Waals surface area contributed by atoms with E-state index in [1.54, 1.807) is 0 Å². The molecule has 1 aromatic heterocycles. The van der Waals surface area contributed by atoms with Crippen LogP contribution in [-0.2, 0) is 6.54 Å². The van der Waals surface area contributed by atoms with Gasteiger partial charge in [0.15, 0.2) is 0 Å². The molecule has 3 heteroatoms. The van der Waals surface area contributed by atoms with Crippen LogP contribution in [0, 0.1) is 6.92 Å². The number of rotatable bonds is 3. The third-order valence-corrected chi connectivity index (χ3v) is 2.93. The molecule has 0 saturated carbocycles. The van der Waals surface area contributed by atoms with Crippen LogP contribution in [0.15, 0.2) is 18.2 Å². The molecular weight excluding hydrogens is 220 g/mol. The Bertz CT molecular complexity index is 500. The van der Waals surface area contributed by atoms with Crippen molar-refractivity contribution in [2.75, 3.05) is 0 Å². The zero-order chi connectivity index (χ0) is 11.7. The van der Waals surface area contributed by atoms with E-state index in [0.29, 0.717) is 0 Å². The van der Waals surface area contributed by atoms with Crippen LogP contribution in [-0.4, -0.2) is 9.55 Å². The zero-order valence-electron chi connectivity index (χ0n) is 10.00. The Morgan fingerprint density at radius 1 is 1.44 bits per heavy atom. The molecule has 0 aliphatic heterocycles. The lowest BCUT2D eigenvalue weighted by Crippen LogP contribution is -2.03. The smallest absolute Gasteiger partial charge is 0.127 e. The Morgan fingerprint density at radius 3 is 2.81 bits per heavy atom. The number of alkyl halides is 1. The molecule has 0 spiro atoms. The van der Waals surface area contributed by atoms with Crippen molar-refractivity contribution in [1.82, 2.24) is 9.55 Å². The molecule has 1 heterocycles. The summed E-state index contributed by atoms with van der Waals surface area (Å²) in [5.74, 6) is 0.976. The topological polar surface area (TPSA) is 17.8 Å². The fourth-order valence-corrected chi connectivity index (χ4v) is 2.18.